The molecule has 126 valence electrons. The Kier molecular flexibility index (Phi) is 15.1. The van der Waals surface area contributed by atoms with Crippen LogP contribution in [0.4, 0.5) is 0 Å². The van der Waals surface area contributed by atoms with Crippen LogP contribution in [-0.4, -0.2) is 77.0 Å². The van der Waals surface area contributed by atoms with Crippen molar-refractivity contribution >= 4 is 5.91 Å². The molecule has 21 heavy (non-hydrogen) atoms. The van der Waals surface area contributed by atoms with Gasteiger partial charge in [0.1, 0.15) is 6.61 Å². The molecular weight excluding hydrogens is 278 g/mol. The number of ether oxygens (including phenoxy) is 4. The van der Waals surface area contributed by atoms with Crippen LogP contribution in [0.2, 0.25) is 0 Å². The van der Waals surface area contributed by atoms with Crippen molar-refractivity contribution < 1.29 is 28.8 Å². The molecule has 0 aromatic rings. The highest BCUT2D eigenvalue weighted by atomic mass is 16.6. The number of aliphatic hydroxyl groups excluding tert-OH is 1. The zero-order valence-corrected chi connectivity index (χ0v) is 13.1. The minimum absolute atomic E-state index is 0.388. The van der Waals surface area contributed by atoms with Crippen LogP contribution in [0.5, 0.6) is 0 Å². The van der Waals surface area contributed by atoms with E-state index in [1.165, 1.54) is 0 Å². The first-order valence-corrected chi connectivity index (χ1v) is 7.35. The lowest BCUT2D eigenvalue weighted by Gasteiger charge is -2.08. The van der Waals surface area contributed by atoms with Crippen molar-refractivity contribution in [1.29, 1.82) is 0 Å². The third kappa shape index (κ3) is 17.2. The van der Waals surface area contributed by atoms with Gasteiger partial charge in [-0.05, 0) is 5.92 Å². The van der Waals surface area contributed by atoms with Crippen molar-refractivity contribution in [1.82, 2.24) is 5.32 Å². The van der Waals surface area contributed by atoms with E-state index in [9.17, 15) is 4.79 Å². The van der Waals surface area contributed by atoms with Crippen molar-refractivity contribution in [3.05, 3.63) is 0 Å². The van der Waals surface area contributed by atoms with E-state index < -0.39 is 12.5 Å². The van der Waals surface area contributed by atoms with Crippen molar-refractivity contribution in [2.24, 2.45) is 5.92 Å². The van der Waals surface area contributed by atoms with Gasteiger partial charge in [-0.2, -0.15) is 0 Å². The topological polar surface area (TPSA) is 86.3 Å². The zero-order valence-electron chi connectivity index (χ0n) is 13.1. The van der Waals surface area contributed by atoms with Gasteiger partial charge >= 0.3 is 0 Å². The molecule has 7 nitrogen and oxygen atoms in total. The standard InChI is InChI=1S/C14H29NO6/c1-13(2)12-21-10-9-20-8-7-19-6-5-18-4-3-15-14(17)11-16/h13,16H,3-12H2,1-2H3,(H,15,17). The average Bonchev–Trinajstić information content (AvgIpc) is 2.46. The summed E-state index contributed by atoms with van der Waals surface area (Å²) in [7, 11) is 0. The molecule has 0 unspecified atom stereocenters. The lowest BCUT2D eigenvalue weighted by molar-refractivity contribution is -0.124. The van der Waals surface area contributed by atoms with E-state index in [1.807, 2.05) is 0 Å². The summed E-state index contributed by atoms with van der Waals surface area (Å²) in [6.07, 6.45) is 0. The number of amides is 1. The molecule has 7 heteroatoms. The second-order valence-electron chi connectivity index (χ2n) is 4.81. The Morgan fingerprint density at radius 1 is 0.905 bits per heavy atom. The van der Waals surface area contributed by atoms with Crippen LogP contribution in [0.25, 0.3) is 0 Å². The Hall–Kier alpha value is -0.730. The lowest BCUT2D eigenvalue weighted by atomic mass is 10.2. The molecule has 0 fully saturated rings. The van der Waals surface area contributed by atoms with Crippen molar-refractivity contribution in [2.45, 2.75) is 13.8 Å². The summed E-state index contributed by atoms with van der Waals surface area (Å²) in [5.41, 5.74) is 0. The van der Waals surface area contributed by atoms with Crippen LogP contribution >= 0.6 is 0 Å². The molecule has 0 spiro atoms. The fourth-order valence-corrected chi connectivity index (χ4v) is 1.30. The molecule has 0 aliphatic rings. The van der Waals surface area contributed by atoms with Crippen molar-refractivity contribution in [2.75, 3.05) is 66.0 Å². The Balaban J connectivity index is 3.01. The number of carbonyl (C=O) groups excluding carboxylic acids is 1. The van der Waals surface area contributed by atoms with Crippen LogP contribution in [0.1, 0.15) is 13.8 Å². The van der Waals surface area contributed by atoms with E-state index in [4.69, 9.17) is 24.1 Å². The van der Waals surface area contributed by atoms with Gasteiger partial charge in [0.2, 0.25) is 5.91 Å². The number of aliphatic hydroxyl groups is 1. The fourth-order valence-electron chi connectivity index (χ4n) is 1.30. The third-order valence-electron chi connectivity index (χ3n) is 2.28. The second kappa shape index (κ2) is 15.7. The summed E-state index contributed by atoms with van der Waals surface area (Å²) >= 11 is 0. The predicted molar refractivity (Wildman–Crippen MR) is 78.2 cm³/mol. The molecule has 0 aromatic carbocycles. The number of rotatable bonds is 15. The summed E-state index contributed by atoms with van der Waals surface area (Å²) < 4.78 is 21.2. The van der Waals surface area contributed by atoms with E-state index in [0.29, 0.717) is 58.7 Å². The Labute approximate surface area is 126 Å². The number of nitrogens with one attached hydrogen (secondary N) is 1. The van der Waals surface area contributed by atoms with Crippen LogP contribution in [0.3, 0.4) is 0 Å². The van der Waals surface area contributed by atoms with Crippen LogP contribution < -0.4 is 5.32 Å². The van der Waals surface area contributed by atoms with Gasteiger partial charge < -0.3 is 29.4 Å². The maximum atomic E-state index is 10.7. The van der Waals surface area contributed by atoms with E-state index in [-0.39, 0.29) is 0 Å². The maximum absolute atomic E-state index is 10.7. The molecule has 0 atom stereocenters. The molecule has 1 amide bonds. The second-order valence-corrected chi connectivity index (χ2v) is 4.81. The molecule has 2 N–H and O–H groups in total. The first kappa shape index (κ1) is 20.3. The third-order valence-corrected chi connectivity index (χ3v) is 2.28. The molecule has 0 aliphatic carbocycles. The quantitative estimate of drug-likeness (QED) is 0.408. The SMILES string of the molecule is CC(C)COCCOCCOCCOCCNC(=O)CO. The molecular formula is C14H29NO6. The van der Waals surface area contributed by atoms with Gasteiger partial charge in [0.15, 0.2) is 0 Å². The Morgan fingerprint density at radius 2 is 1.38 bits per heavy atom. The molecule has 0 aromatic heterocycles. The smallest absolute Gasteiger partial charge is 0.245 e. The minimum Gasteiger partial charge on any atom is -0.387 e. The largest absolute Gasteiger partial charge is 0.387 e. The fraction of sp³-hybridized carbons (Fsp3) is 0.929. The summed E-state index contributed by atoms with van der Waals surface area (Å²) in [6, 6.07) is 0. The van der Waals surface area contributed by atoms with Gasteiger partial charge in [0, 0.05) is 13.2 Å². The molecule has 0 aliphatic heterocycles. The Morgan fingerprint density at radius 3 is 1.86 bits per heavy atom. The highest BCUT2D eigenvalue weighted by molar-refractivity contribution is 5.76. The molecule has 0 rings (SSSR count). The number of carbonyl (C=O) groups is 1. The predicted octanol–water partition coefficient (Wildman–Crippen LogP) is -0.183. The van der Waals surface area contributed by atoms with Crippen molar-refractivity contribution in [3.63, 3.8) is 0 Å². The summed E-state index contributed by atoms with van der Waals surface area (Å²) in [6.45, 7) is 8.48. The van der Waals surface area contributed by atoms with Crippen molar-refractivity contribution in [3.8, 4) is 0 Å². The van der Waals surface area contributed by atoms with Crippen LogP contribution in [0, 0.1) is 5.92 Å². The molecule has 0 heterocycles. The van der Waals surface area contributed by atoms with E-state index in [2.05, 4.69) is 19.2 Å². The van der Waals surface area contributed by atoms with Gasteiger partial charge in [-0.15, -0.1) is 0 Å². The normalized spacial score (nSPS) is 11.0. The first-order chi connectivity index (χ1) is 10.2. The number of hydrogen-bond donors (Lipinski definition) is 2. The number of hydrogen-bond acceptors (Lipinski definition) is 6. The minimum atomic E-state index is -0.494. The Bertz CT molecular complexity index is 238. The van der Waals surface area contributed by atoms with E-state index in [1.54, 1.807) is 0 Å². The summed E-state index contributed by atoms with van der Waals surface area (Å²) in [5.74, 6) is 0.148. The van der Waals surface area contributed by atoms with Gasteiger partial charge in [0.05, 0.1) is 46.2 Å². The highest BCUT2D eigenvalue weighted by Crippen LogP contribution is 1.91. The van der Waals surface area contributed by atoms with Crippen LogP contribution in [0.15, 0.2) is 0 Å². The van der Waals surface area contributed by atoms with Gasteiger partial charge in [-0.3, -0.25) is 4.79 Å². The molecule has 0 radical (unpaired) electrons. The maximum Gasteiger partial charge on any atom is 0.245 e. The van der Waals surface area contributed by atoms with E-state index in [0.717, 1.165) is 6.61 Å². The van der Waals surface area contributed by atoms with Gasteiger partial charge in [-0.25, -0.2) is 0 Å². The molecule has 0 saturated carbocycles. The summed E-state index contributed by atoms with van der Waals surface area (Å²) in [4.78, 5) is 10.7. The monoisotopic (exact) mass is 307 g/mol. The average molecular weight is 307 g/mol. The first-order valence-electron chi connectivity index (χ1n) is 7.35. The lowest BCUT2D eigenvalue weighted by Crippen LogP contribution is -2.29. The zero-order chi connectivity index (χ0) is 15.8. The van der Waals surface area contributed by atoms with Gasteiger partial charge in [-0.1, -0.05) is 13.8 Å². The summed E-state index contributed by atoms with van der Waals surface area (Å²) in [5, 5.41) is 10.9. The highest BCUT2D eigenvalue weighted by Gasteiger charge is 1.96. The van der Waals surface area contributed by atoms with Crippen LogP contribution in [-0.2, 0) is 23.7 Å². The van der Waals surface area contributed by atoms with Gasteiger partial charge in [0.25, 0.3) is 0 Å². The van der Waals surface area contributed by atoms with E-state index >= 15 is 0 Å². The molecule has 0 saturated heterocycles. The molecule has 0 bridgehead atoms.